The first-order chi connectivity index (χ1) is 9.84. The van der Waals surface area contributed by atoms with Crippen molar-refractivity contribution in [2.75, 3.05) is 13.1 Å². The van der Waals surface area contributed by atoms with E-state index in [-0.39, 0.29) is 18.2 Å². The smallest absolute Gasteiger partial charge is 0.126 e. The number of benzene rings is 1. The highest BCUT2D eigenvalue weighted by molar-refractivity contribution is 5.21. The van der Waals surface area contributed by atoms with Crippen LogP contribution in [0.2, 0.25) is 0 Å². The number of aliphatic hydroxyl groups excluding tert-OH is 1. The summed E-state index contributed by atoms with van der Waals surface area (Å²) in [5.41, 5.74) is 0. The van der Waals surface area contributed by atoms with Crippen LogP contribution in [0.3, 0.4) is 0 Å². The summed E-state index contributed by atoms with van der Waals surface area (Å²) in [6.07, 6.45) is 6.68. The van der Waals surface area contributed by atoms with E-state index in [2.05, 4.69) is 4.90 Å². The summed E-state index contributed by atoms with van der Waals surface area (Å²) in [5, 5.41) is 10.7. The van der Waals surface area contributed by atoms with E-state index in [1.165, 1.54) is 19.3 Å². The van der Waals surface area contributed by atoms with Crippen LogP contribution in [0.4, 0.5) is 0 Å². The largest absolute Gasteiger partial charge is 0.488 e. The Morgan fingerprint density at radius 3 is 2.45 bits per heavy atom. The maximum atomic E-state index is 10.7. The molecule has 1 saturated heterocycles. The maximum absolute atomic E-state index is 10.7. The van der Waals surface area contributed by atoms with E-state index >= 15 is 0 Å². The number of rotatable bonds is 3. The van der Waals surface area contributed by atoms with Gasteiger partial charge in [-0.1, -0.05) is 24.6 Å². The molecule has 20 heavy (non-hydrogen) atoms. The summed E-state index contributed by atoms with van der Waals surface area (Å²) in [6, 6.07) is 10.2. The lowest BCUT2D eigenvalue weighted by molar-refractivity contribution is -0.0574. The van der Waals surface area contributed by atoms with Crippen molar-refractivity contribution in [3.8, 4) is 5.75 Å². The van der Waals surface area contributed by atoms with Crippen molar-refractivity contribution in [2.45, 2.75) is 56.8 Å². The van der Waals surface area contributed by atoms with Crippen LogP contribution in [0.5, 0.6) is 5.75 Å². The molecule has 3 heteroatoms. The average molecular weight is 275 g/mol. The van der Waals surface area contributed by atoms with Gasteiger partial charge in [-0.15, -0.1) is 0 Å². The van der Waals surface area contributed by atoms with Gasteiger partial charge in [-0.25, -0.2) is 0 Å². The molecule has 1 aromatic rings. The van der Waals surface area contributed by atoms with Gasteiger partial charge in [-0.3, -0.25) is 4.90 Å². The Bertz CT molecular complexity index is 403. The Kier molecular flexibility index (Phi) is 4.58. The molecule has 1 aromatic carbocycles. The first kappa shape index (κ1) is 13.9. The number of hydrogen-bond acceptors (Lipinski definition) is 3. The first-order valence-corrected chi connectivity index (χ1v) is 7.98. The van der Waals surface area contributed by atoms with Gasteiger partial charge in [0.1, 0.15) is 18.0 Å². The molecule has 0 unspecified atom stereocenters. The molecule has 0 aromatic heterocycles. The summed E-state index contributed by atoms with van der Waals surface area (Å²) < 4.78 is 6.01. The van der Waals surface area contributed by atoms with Gasteiger partial charge in [-0.05, 0) is 57.3 Å². The molecule has 1 aliphatic carbocycles. The molecule has 3 nitrogen and oxygen atoms in total. The second kappa shape index (κ2) is 6.59. The van der Waals surface area contributed by atoms with Crippen LogP contribution < -0.4 is 4.74 Å². The van der Waals surface area contributed by atoms with Gasteiger partial charge in [0, 0.05) is 6.04 Å². The predicted octanol–water partition coefficient (Wildman–Crippen LogP) is 2.83. The summed E-state index contributed by atoms with van der Waals surface area (Å²) >= 11 is 0. The quantitative estimate of drug-likeness (QED) is 0.920. The van der Waals surface area contributed by atoms with Crippen LogP contribution in [0.15, 0.2) is 30.3 Å². The summed E-state index contributed by atoms with van der Waals surface area (Å²) in [6.45, 7) is 2.28. The third kappa shape index (κ3) is 3.15. The fraction of sp³-hybridized carbons (Fsp3) is 0.647. The lowest BCUT2D eigenvalue weighted by atomic mass is 9.87. The Hall–Kier alpha value is -1.06. The van der Waals surface area contributed by atoms with Crippen LogP contribution in [0.25, 0.3) is 0 Å². The zero-order chi connectivity index (χ0) is 13.8. The van der Waals surface area contributed by atoms with Gasteiger partial charge in [-0.2, -0.15) is 0 Å². The Morgan fingerprint density at radius 1 is 0.950 bits per heavy atom. The van der Waals surface area contributed by atoms with E-state index < -0.39 is 0 Å². The van der Waals surface area contributed by atoms with Gasteiger partial charge in [0.25, 0.3) is 0 Å². The van der Waals surface area contributed by atoms with Crippen molar-refractivity contribution in [3.63, 3.8) is 0 Å². The lowest BCUT2D eigenvalue weighted by Gasteiger charge is -2.42. The van der Waals surface area contributed by atoms with Gasteiger partial charge < -0.3 is 9.84 Å². The zero-order valence-electron chi connectivity index (χ0n) is 12.1. The standard InChI is InChI=1S/C17H25NO2/c19-17-15(18-12-5-2-6-13-18)10-7-11-16(17)20-14-8-3-1-4-9-14/h1,3-4,8-9,15-17,19H,2,5-7,10-13H2/t15-,16+,17+/m0/s1. The molecule has 1 heterocycles. The van der Waals surface area contributed by atoms with Crippen molar-refractivity contribution in [1.82, 2.24) is 4.90 Å². The van der Waals surface area contributed by atoms with E-state index in [0.29, 0.717) is 0 Å². The molecule has 3 rings (SSSR count). The minimum absolute atomic E-state index is 0.0573. The van der Waals surface area contributed by atoms with Crippen molar-refractivity contribution < 1.29 is 9.84 Å². The van der Waals surface area contributed by atoms with E-state index in [0.717, 1.165) is 38.1 Å². The summed E-state index contributed by atoms with van der Waals surface area (Å²) in [5.74, 6) is 0.871. The molecular weight excluding hydrogens is 250 g/mol. The maximum Gasteiger partial charge on any atom is 0.126 e. The minimum Gasteiger partial charge on any atom is -0.488 e. The topological polar surface area (TPSA) is 32.7 Å². The number of piperidine rings is 1. The molecule has 1 saturated carbocycles. The Balaban J connectivity index is 1.63. The number of ether oxygens (including phenoxy) is 1. The Morgan fingerprint density at radius 2 is 1.70 bits per heavy atom. The average Bonchev–Trinajstić information content (AvgIpc) is 2.51. The van der Waals surface area contributed by atoms with E-state index in [9.17, 15) is 5.11 Å². The highest BCUT2D eigenvalue weighted by Gasteiger charge is 2.37. The number of aliphatic hydroxyl groups is 1. The second-order valence-corrected chi connectivity index (χ2v) is 6.05. The van der Waals surface area contributed by atoms with E-state index in [4.69, 9.17) is 4.74 Å². The van der Waals surface area contributed by atoms with Crippen LogP contribution >= 0.6 is 0 Å². The fourth-order valence-electron chi connectivity index (χ4n) is 3.57. The lowest BCUT2D eigenvalue weighted by Crippen LogP contribution is -2.54. The minimum atomic E-state index is -0.359. The molecule has 0 bridgehead atoms. The number of hydrogen-bond donors (Lipinski definition) is 1. The van der Waals surface area contributed by atoms with Crippen molar-refractivity contribution in [3.05, 3.63) is 30.3 Å². The highest BCUT2D eigenvalue weighted by atomic mass is 16.5. The molecule has 0 radical (unpaired) electrons. The van der Waals surface area contributed by atoms with Gasteiger partial charge in [0.05, 0.1) is 0 Å². The number of nitrogens with zero attached hydrogens (tertiary/aromatic N) is 1. The monoisotopic (exact) mass is 275 g/mol. The first-order valence-electron chi connectivity index (χ1n) is 7.98. The summed E-state index contributed by atoms with van der Waals surface area (Å²) in [4.78, 5) is 2.48. The molecule has 1 aliphatic heterocycles. The number of likely N-dealkylation sites (tertiary alicyclic amines) is 1. The Labute approximate surface area is 121 Å². The van der Waals surface area contributed by atoms with E-state index in [1.807, 2.05) is 30.3 Å². The third-order valence-electron chi connectivity index (χ3n) is 4.65. The van der Waals surface area contributed by atoms with Gasteiger partial charge >= 0.3 is 0 Å². The molecule has 110 valence electrons. The fourth-order valence-corrected chi connectivity index (χ4v) is 3.57. The molecule has 0 spiro atoms. The summed E-state index contributed by atoms with van der Waals surface area (Å²) in [7, 11) is 0. The molecule has 0 amide bonds. The molecule has 2 aliphatic rings. The van der Waals surface area contributed by atoms with Crippen molar-refractivity contribution in [1.29, 1.82) is 0 Å². The number of para-hydroxylation sites is 1. The van der Waals surface area contributed by atoms with Crippen molar-refractivity contribution >= 4 is 0 Å². The normalized spacial score (nSPS) is 31.9. The van der Waals surface area contributed by atoms with Gasteiger partial charge in [0.15, 0.2) is 0 Å². The van der Waals surface area contributed by atoms with Crippen molar-refractivity contribution in [2.24, 2.45) is 0 Å². The predicted molar refractivity (Wildman–Crippen MR) is 79.9 cm³/mol. The van der Waals surface area contributed by atoms with E-state index in [1.54, 1.807) is 0 Å². The second-order valence-electron chi connectivity index (χ2n) is 6.05. The van der Waals surface area contributed by atoms with Crippen LogP contribution in [-0.2, 0) is 0 Å². The molecule has 3 atom stereocenters. The zero-order valence-corrected chi connectivity index (χ0v) is 12.1. The molecular formula is C17H25NO2. The highest BCUT2D eigenvalue weighted by Crippen LogP contribution is 2.29. The van der Waals surface area contributed by atoms with Crippen LogP contribution in [0.1, 0.15) is 38.5 Å². The third-order valence-corrected chi connectivity index (χ3v) is 4.65. The van der Waals surface area contributed by atoms with Crippen LogP contribution in [-0.4, -0.2) is 41.3 Å². The van der Waals surface area contributed by atoms with Crippen LogP contribution in [0, 0.1) is 0 Å². The van der Waals surface area contributed by atoms with Gasteiger partial charge in [0.2, 0.25) is 0 Å². The molecule has 2 fully saturated rings. The molecule has 1 N–H and O–H groups in total. The SMILES string of the molecule is O[C@H]1[C@H](Oc2ccccc2)CCC[C@@H]1N1CCCCC1.